The molecule has 1 fully saturated rings. The highest BCUT2D eigenvalue weighted by atomic mass is 79.9. The molecule has 0 saturated carbocycles. The van der Waals surface area contributed by atoms with Crippen LogP contribution in [0.3, 0.4) is 0 Å². The van der Waals surface area contributed by atoms with E-state index in [0.717, 1.165) is 31.6 Å². The molecule has 1 aliphatic rings. The van der Waals surface area contributed by atoms with Crippen LogP contribution in [-0.2, 0) is 11.2 Å². The topological polar surface area (TPSA) is 61.9 Å². The summed E-state index contributed by atoms with van der Waals surface area (Å²) in [6.45, 7) is 5.13. The fourth-order valence-corrected chi connectivity index (χ4v) is 3.29. The van der Waals surface area contributed by atoms with Gasteiger partial charge >= 0.3 is 0 Å². The summed E-state index contributed by atoms with van der Waals surface area (Å²) in [5.41, 5.74) is 7.22. The molecule has 0 bridgehead atoms. The molecular weight excluding hydrogens is 387 g/mol. The van der Waals surface area contributed by atoms with Gasteiger partial charge in [0.25, 0.3) is 5.91 Å². The molecule has 0 spiro atoms. The van der Waals surface area contributed by atoms with Crippen molar-refractivity contribution in [2.45, 2.75) is 19.4 Å². The number of carbonyl (C=O) groups is 1. The minimum absolute atomic E-state index is 0.0758. The lowest BCUT2D eigenvalue weighted by atomic mass is 10.1. The third-order valence-corrected chi connectivity index (χ3v) is 4.96. The van der Waals surface area contributed by atoms with Crippen LogP contribution in [0.15, 0.2) is 39.4 Å². The third-order valence-electron chi connectivity index (χ3n) is 4.33. The molecule has 0 radical (unpaired) electrons. The number of rotatable bonds is 5. The molecule has 2 rings (SSSR count). The van der Waals surface area contributed by atoms with E-state index in [-0.39, 0.29) is 23.5 Å². The average molecular weight is 411 g/mol. The number of allylic oxidation sites excluding steroid dienone is 1. The molecule has 0 unspecified atom stereocenters. The maximum absolute atomic E-state index is 12.9. The van der Waals surface area contributed by atoms with Crippen LogP contribution >= 0.6 is 15.9 Å². The van der Waals surface area contributed by atoms with E-state index in [1.165, 1.54) is 18.3 Å². The number of amides is 1. The van der Waals surface area contributed by atoms with Gasteiger partial charge in [-0.25, -0.2) is 4.39 Å². The number of hydrogen-bond donors (Lipinski definition) is 1. The van der Waals surface area contributed by atoms with Crippen LogP contribution in [0.1, 0.15) is 12.5 Å². The van der Waals surface area contributed by atoms with Crippen molar-refractivity contribution in [3.05, 3.63) is 45.8 Å². The van der Waals surface area contributed by atoms with Crippen LogP contribution in [0.5, 0.6) is 0 Å². The van der Waals surface area contributed by atoms with Crippen molar-refractivity contribution >= 4 is 28.1 Å². The molecule has 0 aromatic heterocycles. The van der Waals surface area contributed by atoms with E-state index >= 15 is 0 Å². The minimum Gasteiger partial charge on any atom is -0.393 e. The fourth-order valence-electron chi connectivity index (χ4n) is 2.92. The highest BCUT2D eigenvalue weighted by Crippen LogP contribution is 2.15. The van der Waals surface area contributed by atoms with Gasteiger partial charge in [-0.05, 0) is 47.0 Å². The molecule has 1 aromatic carbocycles. The highest BCUT2D eigenvalue weighted by Gasteiger charge is 2.28. The molecule has 7 heteroatoms. The minimum atomic E-state index is -0.213. The van der Waals surface area contributed by atoms with Gasteiger partial charge in [-0.3, -0.25) is 14.7 Å². The second-order valence-electron chi connectivity index (χ2n) is 6.17. The quantitative estimate of drug-likeness (QED) is 0.597. The van der Waals surface area contributed by atoms with Gasteiger partial charge in [-0.1, -0.05) is 12.1 Å². The second-order valence-corrected chi connectivity index (χ2v) is 7.03. The monoisotopic (exact) mass is 410 g/mol. The smallest absolute Gasteiger partial charge is 0.271 e. The summed E-state index contributed by atoms with van der Waals surface area (Å²) in [7, 11) is 1.63. The van der Waals surface area contributed by atoms with E-state index in [2.05, 4.69) is 25.8 Å². The number of nitrogens with zero attached hydrogens (tertiary/aromatic N) is 3. The van der Waals surface area contributed by atoms with Gasteiger partial charge < -0.3 is 10.6 Å². The van der Waals surface area contributed by atoms with Crippen molar-refractivity contribution in [3.8, 4) is 0 Å². The molecule has 1 aliphatic heterocycles. The maximum atomic E-state index is 12.9. The number of halogens is 2. The molecule has 25 heavy (non-hydrogen) atoms. The molecule has 1 amide bonds. The Kier molecular flexibility index (Phi) is 7.13. The van der Waals surface area contributed by atoms with Crippen LogP contribution in [0.4, 0.5) is 4.39 Å². The third kappa shape index (κ3) is 5.37. The zero-order chi connectivity index (χ0) is 18.4. The first-order chi connectivity index (χ1) is 11.9. The number of carbonyl (C=O) groups excluding carboxylic acids is 1. The summed E-state index contributed by atoms with van der Waals surface area (Å²) in [6.07, 6.45) is 2.39. The average Bonchev–Trinajstić information content (AvgIpc) is 2.60. The van der Waals surface area contributed by atoms with Gasteiger partial charge in [0.05, 0.1) is 4.48 Å². The summed E-state index contributed by atoms with van der Waals surface area (Å²) >= 11 is 3.28. The van der Waals surface area contributed by atoms with Gasteiger partial charge in [-0.15, -0.1) is 0 Å². The van der Waals surface area contributed by atoms with Crippen LogP contribution in [0.25, 0.3) is 0 Å². The first-order valence-corrected chi connectivity index (χ1v) is 9.07. The summed E-state index contributed by atoms with van der Waals surface area (Å²) in [4.78, 5) is 20.5. The van der Waals surface area contributed by atoms with Crippen molar-refractivity contribution < 1.29 is 9.18 Å². The predicted octanol–water partition coefficient (Wildman–Crippen LogP) is 2.17. The molecule has 1 atom stereocenters. The first-order valence-electron chi connectivity index (χ1n) is 8.27. The Morgan fingerprint density at radius 3 is 2.68 bits per heavy atom. The van der Waals surface area contributed by atoms with Gasteiger partial charge in [0.2, 0.25) is 0 Å². The number of piperazine rings is 1. The lowest BCUT2D eigenvalue weighted by Gasteiger charge is -2.40. The van der Waals surface area contributed by atoms with Crippen LogP contribution in [-0.4, -0.2) is 61.2 Å². The van der Waals surface area contributed by atoms with Crippen LogP contribution in [0, 0.1) is 5.82 Å². The number of aliphatic imine (C=N–C) groups is 1. The number of hydrogen-bond acceptors (Lipinski definition) is 4. The number of benzene rings is 1. The van der Waals surface area contributed by atoms with Gasteiger partial charge in [0, 0.05) is 45.5 Å². The Morgan fingerprint density at radius 2 is 2.08 bits per heavy atom. The summed E-state index contributed by atoms with van der Waals surface area (Å²) in [5.74, 6) is -0.383. The zero-order valence-corrected chi connectivity index (χ0v) is 16.2. The van der Waals surface area contributed by atoms with Crippen molar-refractivity contribution in [2.75, 3.05) is 33.2 Å². The molecule has 1 heterocycles. The first kappa shape index (κ1) is 19.6. The lowest BCUT2D eigenvalue weighted by molar-refractivity contribution is -0.131. The van der Waals surface area contributed by atoms with Crippen molar-refractivity contribution in [1.82, 2.24) is 9.80 Å². The molecule has 136 valence electrons. The van der Waals surface area contributed by atoms with Crippen LogP contribution in [0.2, 0.25) is 0 Å². The molecule has 5 nitrogen and oxygen atoms in total. The fraction of sp³-hybridized carbons (Fsp3) is 0.444. The molecular formula is C18H24BrFN4O. The summed E-state index contributed by atoms with van der Waals surface area (Å²) < 4.78 is 13.5. The van der Waals surface area contributed by atoms with E-state index < -0.39 is 0 Å². The Morgan fingerprint density at radius 1 is 1.40 bits per heavy atom. The van der Waals surface area contributed by atoms with E-state index in [1.54, 1.807) is 11.9 Å². The van der Waals surface area contributed by atoms with E-state index in [4.69, 9.17) is 5.73 Å². The summed E-state index contributed by atoms with van der Waals surface area (Å²) in [5, 5.41) is 0. The lowest BCUT2D eigenvalue weighted by Crippen LogP contribution is -2.55. The molecule has 2 N–H and O–H groups in total. The predicted molar refractivity (Wildman–Crippen MR) is 102 cm³/mol. The van der Waals surface area contributed by atoms with Crippen molar-refractivity contribution in [3.63, 3.8) is 0 Å². The van der Waals surface area contributed by atoms with Crippen molar-refractivity contribution in [1.29, 1.82) is 0 Å². The maximum Gasteiger partial charge on any atom is 0.271 e. The van der Waals surface area contributed by atoms with Gasteiger partial charge in [-0.2, -0.15) is 0 Å². The summed E-state index contributed by atoms with van der Waals surface area (Å²) in [6, 6.07) is 6.68. The Hall–Kier alpha value is -1.73. The Balaban J connectivity index is 1.90. The molecule has 1 saturated heterocycles. The second kappa shape index (κ2) is 9.10. The largest absolute Gasteiger partial charge is 0.393 e. The van der Waals surface area contributed by atoms with Gasteiger partial charge in [0.15, 0.2) is 0 Å². The Labute approximate surface area is 156 Å². The SMILES string of the molecule is CN=CC(Br)=C(N)C(=O)N1CCN(CCc2ccc(F)cc2)C[C@H]1C. The highest BCUT2D eigenvalue weighted by molar-refractivity contribution is 9.12. The van der Waals surface area contributed by atoms with E-state index in [0.29, 0.717) is 11.0 Å². The molecule has 1 aromatic rings. The van der Waals surface area contributed by atoms with E-state index in [9.17, 15) is 9.18 Å². The molecule has 0 aliphatic carbocycles. The van der Waals surface area contributed by atoms with Crippen LogP contribution < -0.4 is 5.73 Å². The van der Waals surface area contributed by atoms with Gasteiger partial charge in [0.1, 0.15) is 11.5 Å². The van der Waals surface area contributed by atoms with E-state index in [1.807, 2.05) is 19.1 Å². The normalized spacial score (nSPS) is 20.0. The standard InChI is InChI=1S/C18H24BrFN4O/c1-13-12-23(8-7-14-3-5-15(20)6-4-14)9-10-24(13)18(25)17(21)16(19)11-22-2/h3-6,11,13H,7-10,12,21H2,1-2H3/t13-/m1/s1. The van der Waals surface area contributed by atoms with Crippen molar-refractivity contribution in [2.24, 2.45) is 10.7 Å². The zero-order valence-electron chi connectivity index (χ0n) is 14.6. The number of nitrogens with two attached hydrogens (primary N) is 1. The Bertz CT molecular complexity index is 660.